The Kier molecular flexibility index (Phi) is 4.21. The molecule has 0 spiro atoms. The molecule has 0 saturated heterocycles. The Hall–Kier alpha value is -3.08. The molecule has 132 valence electrons. The average Bonchev–Trinajstić information content (AvgIpc) is 3.20. The molecule has 0 unspecified atom stereocenters. The molecule has 0 radical (unpaired) electrons. The van der Waals surface area contributed by atoms with E-state index in [0.29, 0.717) is 12.1 Å². The Balaban J connectivity index is 1.77. The molecule has 1 aromatic heterocycles. The Morgan fingerprint density at radius 2 is 1.88 bits per heavy atom. The van der Waals surface area contributed by atoms with Crippen molar-refractivity contribution in [2.45, 2.75) is 19.4 Å². The van der Waals surface area contributed by atoms with Crippen LogP contribution in [0.4, 0.5) is 0 Å². The molecule has 2 heterocycles. The molecule has 4 rings (SSSR count). The molecule has 0 fully saturated rings. The van der Waals surface area contributed by atoms with E-state index in [1.807, 2.05) is 61.7 Å². The Labute approximate surface area is 152 Å². The number of H-pyrrole nitrogens is 1. The van der Waals surface area contributed by atoms with Crippen molar-refractivity contribution >= 4 is 22.7 Å². The molecule has 1 aliphatic rings. The zero-order chi connectivity index (χ0) is 18.1. The highest BCUT2D eigenvalue weighted by Crippen LogP contribution is 2.40. The highest BCUT2D eigenvalue weighted by Gasteiger charge is 2.39. The van der Waals surface area contributed by atoms with Crippen LogP contribution in [0.2, 0.25) is 0 Å². The Morgan fingerprint density at radius 1 is 1.12 bits per heavy atom. The van der Waals surface area contributed by atoms with Gasteiger partial charge < -0.3 is 15.2 Å². The highest BCUT2D eigenvalue weighted by molar-refractivity contribution is 6.02. The summed E-state index contributed by atoms with van der Waals surface area (Å²) in [5.74, 6) is -0.222. The fourth-order valence-electron chi connectivity index (χ4n) is 3.66. The first-order chi connectivity index (χ1) is 12.7. The van der Waals surface area contributed by atoms with Crippen molar-refractivity contribution in [3.63, 3.8) is 0 Å². The number of fused-ring (bicyclic) bond motifs is 2. The van der Waals surface area contributed by atoms with E-state index in [0.717, 1.165) is 28.5 Å². The number of para-hydroxylation sites is 1. The summed E-state index contributed by atoms with van der Waals surface area (Å²) in [6.45, 7) is 2.68. The summed E-state index contributed by atoms with van der Waals surface area (Å²) in [5.41, 5.74) is 3.66. The van der Waals surface area contributed by atoms with Crippen LogP contribution in [0.15, 0.2) is 54.7 Å². The summed E-state index contributed by atoms with van der Waals surface area (Å²) in [6, 6.07) is 15.4. The molecule has 1 aliphatic heterocycles. The fraction of sp³-hybridized carbons (Fsp3) is 0.238. The quantitative estimate of drug-likeness (QED) is 0.744. The van der Waals surface area contributed by atoms with Gasteiger partial charge in [0, 0.05) is 34.8 Å². The third-order valence-electron chi connectivity index (χ3n) is 4.86. The molecule has 2 aromatic carbocycles. The zero-order valence-corrected chi connectivity index (χ0v) is 14.7. The molecule has 5 nitrogen and oxygen atoms in total. The Morgan fingerprint density at radius 3 is 2.73 bits per heavy atom. The number of aromatic amines is 1. The van der Waals surface area contributed by atoms with Gasteiger partial charge in [-0.15, -0.1) is 0 Å². The third-order valence-corrected chi connectivity index (χ3v) is 4.86. The minimum atomic E-state index is -0.262. The van der Waals surface area contributed by atoms with Crippen LogP contribution in [-0.4, -0.2) is 34.8 Å². The van der Waals surface area contributed by atoms with Gasteiger partial charge in [0.25, 0.3) is 5.91 Å². The maximum absolute atomic E-state index is 13.0. The number of rotatable bonds is 5. The van der Waals surface area contributed by atoms with Gasteiger partial charge in [0.2, 0.25) is 5.91 Å². The lowest BCUT2D eigenvalue weighted by Gasteiger charge is -2.25. The van der Waals surface area contributed by atoms with E-state index < -0.39 is 0 Å². The van der Waals surface area contributed by atoms with Gasteiger partial charge in [-0.2, -0.15) is 0 Å². The molecular weight excluding hydrogens is 326 g/mol. The molecule has 1 atom stereocenters. The lowest BCUT2D eigenvalue weighted by Crippen LogP contribution is -2.39. The summed E-state index contributed by atoms with van der Waals surface area (Å²) in [5, 5.41) is 3.94. The lowest BCUT2D eigenvalue weighted by molar-refractivity contribution is -0.122. The maximum Gasteiger partial charge on any atom is 0.255 e. The molecule has 3 aromatic rings. The van der Waals surface area contributed by atoms with Crippen LogP contribution < -0.4 is 5.32 Å². The second kappa shape index (κ2) is 6.67. The van der Waals surface area contributed by atoms with Gasteiger partial charge in [-0.3, -0.25) is 9.59 Å². The van der Waals surface area contributed by atoms with E-state index in [1.54, 1.807) is 4.90 Å². The summed E-state index contributed by atoms with van der Waals surface area (Å²) >= 11 is 0. The van der Waals surface area contributed by atoms with Crippen LogP contribution in [0, 0.1) is 0 Å². The number of carbonyl (C=O) groups is 2. The fourth-order valence-corrected chi connectivity index (χ4v) is 3.66. The summed E-state index contributed by atoms with van der Waals surface area (Å²) in [7, 11) is 0. The van der Waals surface area contributed by atoms with Crippen molar-refractivity contribution in [3.05, 3.63) is 71.4 Å². The molecule has 0 aliphatic carbocycles. The van der Waals surface area contributed by atoms with Crippen LogP contribution in [-0.2, 0) is 4.79 Å². The highest BCUT2D eigenvalue weighted by atomic mass is 16.2. The van der Waals surface area contributed by atoms with Crippen LogP contribution in [0.3, 0.4) is 0 Å². The second-order valence-electron chi connectivity index (χ2n) is 6.56. The topological polar surface area (TPSA) is 65.2 Å². The molecular formula is C21H21N3O2. The molecule has 5 heteroatoms. The molecule has 26 heavy (non-hydrogen) atoms. The van der Waals surface area contributed by atoms with Crippen molar-refractivity contribution in [1.82, 2.24) is 15.2 Å². The van der Waals surface area contributed by atoms with Crippen molar-refractivity contribution in [2.24, 2.45) is 0 Å². The SMILES string of the molecule is CCCNC(=O)CN1C(=O)c2ccccc2[C@@H]1c1c[nH]c2ccccc12. The first kappa shape index (κ1) is 16.4. The molecule has 2 N–H and O–H groups in total. The van der Waals surface area contributed by atoms with Crippen molar-refractivity contribution in [1.29, 1.82) is 0 Å². The van der Waals surface area contributed by atoms with Crippen LogP contribution >= 0.6 is 0 Å². The normalized spacial score (nSPS) is 16.1. The maximum atomic E-state index is 13.0. The average molecular weight is 347 g/mol. The van der Waals surface area contributed by atoms with E-state index in [-0.39, 0.29) is 24.4 Å². The number of amides is 2. The number of carbonyl (C=O) groups excluding carboxylic acids is 2. The van der Waals surface area contributed by atoms with Gasteiger partial charge in [-0.25, -0.2) is 0 Å². The van der Waals surface area contributed by atoms with Crippen molar-refractivity contribution in [2.75, 3.05) is 13.1 Å². The summed E-state index contributed by atoms with van der Waals surface area (Å²) in [6.07, 6.45) is 2.81. The van der Waals surface area contributed by atoms with Gasteiger partial charge in [0.05, 0.1) is 6.04 Å². The predicted octanol–water partition coefficient (Wildman–Crippen LogP) is 3.24. The number of benzene rings is 2. The van der Waals surface area contributed by atoms with Crippen LogP contribution in [0.1, 0.15) is 40.9 Å². The monoisotopic (exact) mass is 347 g/mol. The minimum Gasteiger partial charge on any atom is -0.361 e. The van der Waals surface area contributed by atoms with E-state index in [9.17, 15) is 9.59 Å². The molecule has 0 bridgehead atoms. The standard InChI is InChI=1S/C21H21N3O2/c1-2-11-22-19(25)13-24-20(15-8-3-4-9-16(15)21(24)26)17-12-23-18-10-6-5-7-14(17)18/h3-10,12,20,23H,2,11,13H2,1H3,(H,22,25)/t20-/m1/s1. The number of aromatic nitrogens is 1. The Bertz CT molecular complexity index is 976. The first-order valence-electron chi connectivity index (χ1n) is 8.93. The predicted molar refractivity (Wildman–Crippen MR) is 101 cm³/mol. The number of hydrogen-bond donors (Lipinski definition) is 2. The summed E-state index contributed by atoms with van der Waals surface area (Å²) < 4.78 is 0. The lowest BCUT2D eigenvalue weighted by atomic mass is 9.97. The zero-order valence-electron chi connectivity index (χ0n) is 14.7. The number of nitrogens with one attached hydrogen (secondary N) is 2. The van der Waals surface area contributed by atoms with Crippen molar-refractivity contribution < 1.29 is 9.59 Å². The van der Waals surface area contributed by atoms with Gasteiger partial charge in [0.15, 0.2) is 0 Å². The van der Waals surface area contributed by atoms with Gasteiger partial charge in [0.1, 0.15) is 6.54 Å². The van der Waals surface area contributed by atoms with Crippen molar-refractivity contribution in [3.8, 4) is 0 Å². The van der Waals surface area contributed by atoms with Crippen LogP contribution in [0.25, 0.3) is 10.9 Å². The smallest absolute Gasteiger partial charge is 0.255 e. The number of nitrogens with zero attached hydrogens (tertiary/aromatic N) is 1. The van der Waals surface area contributed by atoms with Gasteiger partial charge in [-0.1, -0.05) is 43.3 Å². The van der Waals surface area contributed by atoms with Crippen LogP contribution in [0.5, 0.6) is 0 Å². The number of hydrogen-bond acceptors (Lipinski definition) is 2. The van der Waals surface area contributed by atoms with E-state index in [2.05, 4.69) is 10.3 Å². The molecule has 0 saturated carbocycles. The van der Waals surface area contributed by atoms with E-state index in [4.69, 9.17) is 0 Å². The van der Waals surface area contributed by atoms with E-state index >= 15 is 0 Å². The van der Waals surface area contributed by atoms with Gasteiger partial charge >= 0.3 is 0 Å². The minimum absolute atomic E-state index is 0.0533. The van der Waals surface area contributed by atoms with Gasteiger partial charge in [-0.05, 0) is 24.1 Å². The first-order valence-corrected chi connectivity index (χ1v) is 8.93. The summed E-state index contributed by atoms with van der Waals surface area (Å²) in [4.78, 5) is 30.3. The molecule has 2 amide bonds. The third kappa shape index (κ3) is 2.65. The second-order valence-corrected chi connectivity index (χ2v) is 6.56. The largest absolute Gasteiger partial charge is 0.361 e. The van der Waals surface area contributed by atoms with E-state index in [1.165, 1.54) is 0 Å².